The molecule has 2 aliphatic rings. The zero-order chi connectivity index (χ0) is 18.6. The van der Waals surface area contributed by atoms with Crippen molar-refractivity contribution in [2.45, 2.75) is 38.1 Å². The number of hydrogen-bond donors (Lipinski definition) is 0. The molecule has 0 aliphatic carbocycles. The third-order valence-corrected chi connectivity index (χ3v) is 6.08. The van der Waals surface area contributed by atoms with Gasteiger partial charge in [-0.25, -0.2) is 4.39 Å². The van der Waals surface area contributed by atoms with Crippen LogP contribution in [0, 0.1) is 5.82 Å². The van der Waals surface area contributed by atoms with Crippen LogP contribution in [-0.4, -0.2) is 44.2 Å². The predicted octanol–water partition coefficient (Wildman–Crippen LogP) is 4.29. The molecule has 1 atom stereocenters. The van der Waals surface area contributed by atoms with Gasteiger partial charge >= 0.3 is 0 Å². The van der Waals surface area contributed by atoms with Crippen LogP contribution in [0.4, 0.5) is 10.1 Å². The van der Waals surface area contributed by atoms with Crippen LogP contribution in [0.1, 0.15) is 30.4 Å². The lowest BCUT2D eigenvalue weighted by Crippen LogP contribution is -2.35. The summed E-state index contributed by atoms with van der Waals surface area (Å²) in [5.74, 6) is 0.800. The second-order valence-electron chi connectivity index (χ2n) is 7.74. The van der Waals surface area contributed by atoms with E-state index < -0.39 is 0 Å². The molecule has 2 aromatic rings. The Kier molecular flexibility index (Phi) is 5.63. The van der Waals surface area contributed by atoms with Gasteiger partial charge in [-0.2, -0.15) is 0 Å². The smallest absolute Gasteiger partial charge is 0.123 e. The van der Waals surface area contributed by atoms with Crippen molar-refractivity contribution in [3.05, 3.63) is 59.4 Å². The van der Waals surface area contributed by atoms with Gasteiger partial charge in [-0.3, -0.25) is 0 Å². The Bertz CT molecular complexity index is 761. The summed E-state index contributed by atoms with van der Waals surface area (Å²) in [4.78, 5) is 5.19. The zero-order valence-electron chi connectivity index (χ0n) is 16.2. The minimum Gasteiger partial charge on any atom is -0.497 e. The van der Waals surface area contributed by atoms with E-state index in [-0.39, 0.29) is 5.82 Å². The number of benzene rings is 2. The van der Waals surface area contributed by atoms with Crippen molar-refractivity contribution in [1.29, 1.82) is 0 Å². The molecule has 144 valence electrons. The van der Waals surface area contributed by atoms with Crippen LogP contribution >= 0.6 is 0 Å². The molecule has 1 fully saturated rings. The first-order chi connectivity index (χ1) is 13.2. The first kappa shape index (κ1) is 18.3. The average molecular weight is 368 g/mol. The van der Waals surface area contributed by atoms with E-state index >= 15 is 0 Å². The number of fused-ring (bicyclic) bond motifs is 1. The average Bonchev–Trinajstić information content (AvgIpc) is 2.97. The summed E-state index contributed by atoms with van der Waals surface area (Å²) in [5, 5.41) is 0. The molecule has 0 amide bonds. The first-order valence-corrected chi connectivity index (χ1v) is 10.1. The SMILES string of the molecule is COc1ccc2c(c1)N(C1CCCN(CCc3ccc(F)cc3)CC1)CC2. The van der Waals surface area contributed by atoms with Crippen LogP contribution in [-0.2, 0) is 12.8 Å². The molecule has 0 saturated carbocycles. The molecule has 1 unspecified atom stereocenters. The van der Waals surface area contributed by atoms with Crippen LogP contribution in [0.3, 0.4) is 0 Å². The third kappa shape index (κ3) is 4.27. The number of halogens is 1. The summed E-state index contributed by atoms with van der Waals surface area (Å²) in [6, 6.07) is 14.1. The van der Waals surface area contributed by atoms with Gasteiger partial charge in [0.05, 0.1) is 7.11 Å². The highest BCUT2D eigenvalue weighted by Crippen LogP contribution is 2.35. The molecule has 1 saturated heterocycles. The standard InChI is InChI=1S/C23H29FN2O/c1-27-22-9-6-19-11-16-26(23(19)17-22)21-3-2-13-25(15-12-21)14-10-18-4-7-20(24)8-5-18/h4-9,17,21H,2-3,10-16H2,1H3. The number of anilines is 1. The molecule has 4 rings (SSSR count). The molecule has 27 heavy (non-hydrogen) atoms. The van der Waals surface area contributed by atoms with Crippen molar-refractivity contribution in [2.24, 2.45) is 0 Å². The third-order valence-electron chi connectivity index (χ3n) is 6.08. The van der Waals surface area contributed by atoms with Gasteiger partial charge in [0.1, 0.15) is 11.6 Å². The van der Waals surface area contributed by atoms with E-state index in [0.717, 1.165) is 44.8 Å². The zero-order valence-corrected chi connectivity index (χ0v) is 16.2. The van der Waals surface area contributed by atoms with E-state index in [0.29, 0.717) is 6.04 Å². The summed E-state index contributed by atoms with van der Waals surface area (Å²) in [7, 11) is 1.74. The Balaban J connectivity index is 1.35. The maximum absolute atomic E-state index is 13.1. The first-order valence-electron chi connectivity index (χ1n) is 10.1. The van der Waals surface area contributed by atoms with Crippen molar-refractivity contribution in [3.8, 4) is 5.75 Å². The summed E-state index contributed by atoms with van der Waals surface area (Å²) >= 11 is 0. The largest absolute Gasteiger partial charge is 0.497 e. The molecular weight excluding hydrogens is 339 g/mol. The summed E-state index contributed by atoms with van der Waals surface area (Å²) in [6.45, 7) is 4.49. The number of methoxy groups -OCH3 is 1. The van der Waals surface area contributed by atoms with Crippen molar-refractivity contribution in [1.82, 2.24) is 4.90 Å². The number of hydrogen-bond acceptors (Lipinski definition) is 3. The maximum Gasteiger partial charge on any atom is 0.123 e. The fourth-order valence-corrected chi connectivity index (χ4v) is 4.50. The van der Waals surface area contributed by atoms with Crippen LogP contribution < -0.4 is 9.64 Å². The lowest BCUT2D eigenvalue weighted by atomic mass is 10.1. The Labute approximate surface area is 161 Å². The quantitative estimate of drug-likeness (QED) is 0.783. The predicted molar refractivity (Wildman–Crippen MR) is 108 cm³/mol. The van der Waals surface area contributed by atoms with Gasteiger partial charge in [0.25, 0.3) is 0 Å². The van der Waals surface area contributed by atoms with E-state index in [4.69, 9.17) is 4.74 Å². The summed E-state index contributed by atoms with van der Waals surface area (Å²) in [6.07, 6.45) is 5.84. The van der Waals surface area contributed by atoms with Crippen LogP contribution in [0.15, 0.2) is 42.5 Å². The summed E-state index contributed by atoms with van der Waals surface area (Å²) < 4.78 is 18.5. The van der Waals surface area contributed by atoms with Gasteiger partial charge in [0.2, 0.25) is 0 Å². The normalized spacial score (nSPS) is 20.4. The molecule has 0 aromatic heterocycles. The fraction of sp³-hybridized carbons (Fsp3) is 0.478. The van der Waals surface area contributed by atoms with E-state index in [1.54, 1.807) is 19.2 Å². The Morgan fingerprint density at radius 3 is 2.70 bits per heavy atom. The highest BCUT2D eigenvalue weighted by atomic mass is 19.1. The molecule has 2 heterocycles. The van der Waals surface area contributed by atoms with Gasteiger partial charge in [0, 0.05) is 37.4 Å². The molecule has 3 nitrogen and oxygen atoms in total. The Hall–Kier alpha value is -2.07. The monoisotopic (exact) mass is 368 g/mol. The van der Waals surface area contributed by atoms with Gasteiger partial charge in [-0.1, -0.05) is 18.2 Å². The Morgan fingerprint density at radius 1 is 1.04 bits per heavy atom. The lowest BCUT2D eigenvalue weighted by Gasteiger charge is -2.30. The molecule has 0 N–H and O–H groups in total. The van der Waals surface area contributed by atoms with Gasteiger partial charge in [-0.05, 0) is 68.0 Å². The van der Waals surface area contributed by atoms with Crippen LogP contribution in [0.5, 0.6) is 5.75 Å². The van der Waals surface area contributed by atoms with E-state index in [9.17, 15) is 4.39 Å². The molecule has 0 radical (unpaired) electrons. The van der Waals surface area contributed by atoms with Gasteiger partial charge in [-0.15, -0.1) is 0 Å². The van der Waals surface area contributed by atoms with E-state index in [1.807, 2.05) is 12.1 Å². The van der Waals surface area contributed by atoms with Crippen molar-refractivity contribution in [2.75, 3.05) is 38.2 Å². The van der Waals surface area contributed by atoms with Gasteiger partial charge < -0.3 is 14.5 Å². The van der Waals surface area contributed by atoms with Crippen LogP contribution in [0.25, 0.3) is 0 Å². The topological polar surface area (TPSA) is 15.7 Å². The minimum atomic E-state index is -0.154. The highest BCUT2D eigenvalue weighted by molar-refractivity contribution is 5.61. The Morgan fingerprint density at radius 2 is 1.89 bits per heavy atom. The van der Waals surface area contributed by atoms with Crippen molar-refractivity contribution < 1.29 is 9.13 Å². The van der Waals surface area contributed by atoms with Gasteiger partial charge in [0.15, 0.2) is 0 Å². The van der Waals surface area contributed by atoms with Crippen molar-refractivity contribution >= 4 is 5.69 Å². The molecule has 4 heteroatoms. The van der Waals surface area contributed by atoms with Crippen LogP contribution in [0.2, 0.25) is 0 Å². The molecular formula is C23H29FN2O. The minimum absolute atomic E-state index is 0.154. The summed E-state index contributed by atoms with van der Waals surface area (Å²) in [5.41, 5.74) is 4.05. The van der Waals surface area contributed by atoms with E-state index in [1.165, 1.54) is 36.1 Å². The number of likely N-dealkylation sites (tertiary alicyclic amines) is 1. The number of rotatable bonds is 5. The molecule has 2 aliphatic heterocycles. The number of nitrogens with zero attached hydrogens (tertiary/aromatic N) is 2. The molecule has 0 spiro atoms. The van der Waals surface area contributed by atoms with Crippen molar-refractivity contribution in [3.63, 3.8) is 0 Å². The molecule has 2 aromatic carbocycles. The number of ether oxygens (including phenoxy) is 1. The van der Waals surface area contributed by atoms with E-state index in [2.05, 4.69) is 28.0 Å². The highest BCUT2D eigenvalue weighted by Gasteiger charge is 2.28. The maximum atomic E-state index is 13.1. The fourth-order valence-electron chi connectivity index (χ4n) is 4.50. The second-order valence-corrected chi connectivity index (χ2v) is 7.74. The lowest BCUT2D eigenvalue weighted by molar-refractivity contribution is 0.287. The second kappa shape index (κ2) is 8.30. The molecule has 0 bridgehead atoms.